The Balaban J connectivity index is 1.63. The molecule has 0 amide bonds. The maximum atomic E-state index is 9.55. The van der Waals surface area contributed by atoms with E-state index in [1.807, 2.05) is 12.3 Å². The number of anilines is 1. The van der Waals surface area contributed by atoms with Gasteiger partial charge in [0.05, 0.1) is 11.7 Å². The average molecular weight is 287 g/mol. The molecule has 0 atom stereocenters. The highest BCUT2D eigenvalue weighted by molar-refractivity contribution is 5.61. The van der Waals surface area contributed by atoms with Crippen LogP contribution in [-0.4, -0.2) is 14.9 Å². The van der Waals surface area contributed by atoms with Crippen LogP contribution in [0.4, 0.5) is 5.69 Å². The third-order valence-corrected chi connectivity index (χ3v) is 4.03. The summed E-state index contributed by atoms with van der Waals surface area (Å²) in [7, 11) is 0. The second-order valence-electron chi connectivity index (χ2n) is 5.56. The second-order valence-corrected chi connectivity index (χ2v) is 5.56. The Morgan fingerprint density at radius 3 is 2.86 bits per heavy atom. The minimum absolute atomic E-state index is 0.0419. The van der Waals surface area contributed by atoms with Gasteiger partial charge in [0.25, 0.3) is 0 Å². The summed E-state index contributed by atoms with van der Waals surface area (Å²) >= 11 is 0. The van der Waals surface area contributed by atoms with Crippen molar-refractivity contribution >= 4 is 5.69 Å². The van der Waals surface area contributed by atoms with Crippen LogP contribution in [0, 0.1) is 0 Å². The molecular formula is C16H21N3O2. The van der Waals surface area contributed by atoms with Gasteiger partial charge in [0.2, 0.25) is 0 Å². The zero-order valence-electron chi connectivity index (χ0n) is 12.0. The van der Waals surface area contributed by atoms with Crippen LogP contribution >= 0.6 is 0 Å². The molecule has 21 heavy (non-hydrogen) atoms. The number of hydrogen-bond donors (Lipinski definition) is 2. The van der Waals surface area contributed by atoms with E-state index in [1.165, 1.54) is 32.1 Å². The van der Waals surface area contributed by atoms with Gasteiger partial charge in [-0.3, -0.25) is 4.68 Å². The maximum absolute atomic E-state index is 9.55. The van der Waals surface area contributed by atoms with E-state index < -0.39 is 0 Å². The summed E-state index contributed by atoms with van der Waals surface area (Å²) in [5.74, 6) is 0.530. The van der Waals surface area contributed by atoms with Gasteiger partial charge in [-0.15, -0.1) is 0 Å². The first-order valence-electron chi connectivity index (χ1n) is 7.48. The number of para-hydroxylation sites is 1. The molecule has 1 aromatic heterocycles. The summed E-state index contributed by atoms with van der Waals surface area (Å²) in [5, 5.41) is 14.1. The molecule has 3 N–H and O–H groups in total. The first-order chi connectivity index (χ1) is 10.2. The van der Waals surface area contributed by atoms with Crippen molar-refractivity contribution in [3.05, 3.63) is 36.2 Å². The van der Waals surface area contributed by atoms with Gasteiger partial charge in [-0.25, -0.2) is 0 Å². The van der Waals surface area contributed by atoms with Crippen molar-refractivity contribution in [2.45, 2.75) is 44.8 Å². The van der Waals surface area contributed by atoms with E-state index in [0.29, 0.717) is 18.4 Å². The molecule has 0 unspecified atom stereocenters. The fraction of sp³-hybridized carbons (Fsp3) is 0.438. The van der Waals surface area contributed by atoms with Crippen molar-refractivity contribution < 1.29 is 9.84 Å². The third kappa shape index (κ3) is 3.12. The number of phenolic OH excluding ortho intramolecular Hbond substituents is 1. The Labute approximate surface area is 124 Å². The van der Waals surface area contributed by atoms with E-state index >= 15 is 0 Å². The summed E-state index contributed by atoms with van der Waals surface area (Å²) in [6.07, 6.45) is 8.36. The molecule has 1 fully saturated rings. The zero-order valence-corrected chi connectivity index (χ0v) is 12.0. The summed E-state index contributed by atoms with van der Waals surface area (Å²) in [5.41, 5.74) is 6.91. The molecular weight excluding hydrogens is 266 g/mol. The molecule has 1 saturated carbocycles. The highest BCUT2D eigenvalue weighted by atomic mass is 16.5. The monoisotopic (exact) mass is 287 g/mol. The van der Waals surface area contributed by atoms with Crippen LogP contribution in [0.5, 0.6) is 11.5 Å². The van der Waals surface area contributed by atoms with E-state index in [2.05, 4.69) is 9.78 Å². The molecule has 112 valence electrons. The molecule has 0 saturated heterocycles. The average Bonchev–Trinajstić information content (AvgIpc) is 2.99. The summed E-state index contributed by atoms with van der Waals surface area (Å²) in [6, 6.07) is 7.50. The van der Waals surface area contributed by atoms with Gasteiger partial charge in [-0.05, 0) is 31.0 Å². The molecule has 0 radical (unpaired) electrons. The first kappa shape index (κ1) is 13.8. The molecule has 0 aliphatic heterocycles. The van der Waals surface area contributed by atoms with Crippen molar-refractivity contribution in [3.63, 3.8) is 0 Å². The molecule has 5 nitrogen and oxygen atoms in total. The molecule has 1 aliphatic rings. The number of rotatable bonds is 4. The van der Waals surface area contributed by atoms with Gasteiger partial charge in [-0.1, -0.05) is 25.3 Å². The van der Waals surface area contributed by atoms with E-state index in [9.17, 15) is 5.11 Å². The lowest BCUT2D eigenvalue weighted by molar-refractivity contribution is 0.291. The van der Waals surface area contributed by atoms with Crippen LogP contribution in [0.25, 0.3) is 0 Å². The Morgan fingerprint density at radius 1 is 1.24 bits per heavy atom. The lowest BCUT2D eigenvalue weighted by Crippen LogP contribution is -2.13. The molecule has 3 rings (SSSR count). The Kier molecular flexibility index (Phi) is 3.99. The van der Waals surface area contributed by atoms with E-state index in [1.54, 1.807) is 18.2 Å². The van der Waals surface area contributed by atoms with Gasteiger partial charge >= 0.3 is 0 Å². The normalized spacial score (nSPS) is 16.0. The number of phenols is 1. The lowest BCUT2D eigenvalue weighted by atomic mass is 9.96. The van der Waals surface area contributed by atoms with Gasteiger partial charge < -0.3 is 15.6 Å². The van der Waals surface area contributed by atoms with Gasteiger partial charge in [0.15, 0.2) is 0 Å². The van der Waals surface area contributed by atoms with E-state index in [0.717, 1.165) is 5.69 Å². The van der Waals surface area contributed by atoms with Crippen LogP contribution < -0.4 is 10.5 Å². The molecule has 0 spiro atoms. The third-order valence-electron chi connectivity index (χ3n) is 4.03. The van der Waals surface area contributed by atoms with Crippen LogP contribution in [0.15, 0.2) is 30.5 Å². The molecule has 1 heterocycles. The van der Waals surface area contributed by atoms with Crippen LogP contribution in [0.1, 0.15) is 43.8 Å². The van der Waals surface area contributed by atoms with Crippen LogP contribution in [-0.2, 0) is 6.61 Å². The quantitative estimate of drug-likeness (QED) is 0.668. The molecule has 2 aromatic rings. The van der Waals surface area contributed by atoms with Crippen molar-refractivity contribution in [1.82, 2.24) is 9.78 Å². The van der Waals surface area contributed by atoms with Crippen molar-refractivity contribution in [1.29, 1.82) is 0 Å². The van der Waals surface area contributed by atoms with Crippen molar-refractivity contribution in [2.75, 3.05) is 5.73 Å². The highest BCUT2D eigenvalue weighted by Gasteiger charge is 2.16. The van der Waals surface area contributed by atoms with Crippen LogP contribution in [0.3, 0.4) is 0 Å². The number of nitrogens with zero attached hydrogens (tertiary/aromatic N) is 2. The topological polar surface area (TPSA) is 73.3 Å². The number of nitrogens with two attached hydrogens (primary N) is 1. The molecule has 5 heteroatoms. The molecule has 0 bridgehead atoms. The number of ether oxygens (including phenoxy) is 1. The largest absolute Gasteiger partial charge is 0.506 e. The van der Waals surface area contributed by atoms with Gasteiger partial charge in [0.1, 0.15) is 23.8 Å². The lowest BCUT2D eigenvalue weighted by Gasteiger charge is -2.21. The summed E-state index contributed by atoms with van der Waals surface area (Å²) < 4.78 is 7.70. The highest BCUT2D eigenvalue weighted by Crippen LogP contribution is 2.31. The standard InChI is InChI=1S/C16H21N3O2/c17-16-14(20)7-4-8-15(16)21-11-12-9-10-19(18-12)13-5-2-1-3-6-13/h4,7-10,13,20H,1-3,5-6,11,17H2. The van der Waals surface area contributed by atoms with Gasteiger partial charge in [-0.2, -0.15) is 5.10 Å². The summed E-state index contributed by atoms with van der Waals surface area (Å²) in [6.45, 7) is 0.355. The van der Waals surface area contributed by atoms with Crippen molar-refractivity contribution in [2.24, 2.45) is 0 Å². The minimum atomic E-state index is 0.0419. The maximum Gasteiger partial charge on any atom is 0.146 e. The zero-order chi connectivity index (χ0) is 14.7. The van der Waals surface area contributed by atoms with Crippen molar-refractivity contribution in [3.8, 4) is 11.5 Å². The number of hydrogen-bond acceptors (Lipinski definition) is 4. The number of aromatic nitrogens is 2. The number of nitrogen functional groups attached to an aromatic ring is 1. The molecule has 1 aromatic carbocycles. The predicted molar refractivity (Wildman–Crippen MR) is 81.2 cm³/mol. The summed E-state index contributed by atoms with van der Waals surface area (Å²) in [4.78, 5) is 0. The second kappa shape index (κ2) is 6.08. The Hall–Kier alpha value is -2.17. The molecule has 1 aliphatic carbocycles. The number of benzene rings is 1. The fourth-order valence-electron chi connectivity index (χ4n) is 2.81. The fourth-order valence-corrected chi connectivity index (χ4v) is 2.81. The Bertz CT molecular complexity index is 603. The van der Waals surface area contributed by atoms with E-state index in [-0.39, 0.29) is 11.4 Å². The SMILES string of the molecule is Nc1c(O)cccc1OCc1ccn(C2CCCCC2)n1. The number of aromatic hydroxyl groups is 1. The van der Waals surface area contributed by atoms with E-state index in [4.69, 9.17) is 10.5 Å². The first-order valence-corrected chi connectivity index (χ1v) is 7.48. The minimum Gasteiger partial charge on any atom is -0.506 e. The Morgan fingerprint density at radius 2 is 2.05 bits per heavy atom. The predicted octanol–water partition coefficient (Wildman–Crippen LogP) is 3.26. The van der Waals surface area contributed by atoms with Crippen LogP contribution in [0.2, 0.25) is 0 Å². The van der Waals surface area contributed by atoms with Gasteiger partial charge in [0, 0.05) is 6.20 Å². The smallest absolute Gasteiger partial charge is 0.146 e.